The summed E-state index contributed by atoms with van der Waals surface area (Å²) in [5.41, 5.74) is 1.82. The molecule has 1 aliphatic rings. The predicted molar refractivity (Wildman–Crippen MR) is 117 cm³/mol. The molecular weight excluding hydrogens is 378 g/mol. The molecule has 0 radical (unpaired) electrons. The highest BCUT2D eigenvalue weighted by molar-refractivity contribution is 6.10. The first-order chi connectivity index (χ1) is 14.5. The van der Waals surface area contributed by atoms with Crippen LogP contribution in [0, 0.1) is 11.8 Å². The molecule has 0 bridgehead atoms. The number of carbonyl (C=O) groups is 2. The summed E-state index contributed by atoms with van der Waals surface area (Å²) < 4.78 is 10.6. The number of piperidine rings is 1. The molecular formula is C25H31NO4. The SMILES string of the molecule is COc1ccc(C(=O)C(CC2CCN(Cc3ccccc3)CC2)C(C)=O)cc1OC. The van der Waals surface area contributed by atoms with Gasteiger partial charge in [-0.05, 0) is 69.0 Å². The maximum atomic E-state index is 13.1. The molecule has 1 aliphatic heterocycles. The Balaban J connectivity index is 1.61. The molecule has 1 unspecified atom stereocenters. The van der Waals surface area contributed by atoms with Crippen molar-refractivity contribution in [2.75, 3.05) is 27.3 Å². The zero-order chi connectivity index (χ0) is 21.5. The van der Waals surface area contributed by atoms with Gasteiger partial charge in [-0.3, -0.25) is 14.5 Å². The quantitative estimate of drug-likeness (QED) is 0.454. The van der Waals surface area contributed by atoms with Crippen molar-refractivity contribution >= 4 is 11.6 Å². The van der Waals surface area contributed by atoms with Crippen LogP contribution in [0.25, 0.3) is 0 Å². The second kappa shape index (κ2) is 10.4. The van der Waals surface area contributed by atoms with Gasteiger partial charge in [0.2, 0.25) is 0 Å². The minimum atomic E-state index is -0.603. The molecule has 0 amide bonds. The first-order valence-corrected chi connectivity index (χ1v) is 10.5. The van der Waals surface area contributed by atoms with Gasteiger partial charge in [-0.2, -0.15) is 0 Å². The van der Waals surface area contributed by atoms with Crippen LogP contribution in [0.4, 0.5) is 0 Å². The minimum Gasteiger partial charge on any atom is -0.493 e. The van der Waals surface area contributed by atoms with E-state index in [4.69, 9.17) is 9.47 Å². The van der Waals surface area contributed by atoms with Crippen LogP contribution in [-0.2, 0) is 11.3 Å². The Labute approximate surface area is 179 Å². The van der Waals surface area contributed by atoms with Crippen LogP contribution >= 0.6 is 0 Å². The molecule has 160 valence electrons. The van der Waals surface area contributed by atoms with Crippen LogP contribution in [0.1, 0.15) is 42.1 Å². The lowest BCUT2D eigenvalue weighted by Gasteiger charge is -2.33. The van der Waals surface area contributed by atoms with Crippen LogP contribution in [0.15, 0.2) is 48.5 Å². The van der Waals surface area contributed by atoms with Crippen LogP contribution in [-0.4, -0.2) is 43.8 Å². The minimum absolute atomic E-state index is 0.0681. The average Bonchev–Trinajstić information content (AvgIpc) is 2.78. The highest BCUT2D eigenvalue weighted by Gasteiger charge is 2.30. The molecule has 1 fully saturated rings. The van der Waals surface area contributed by atoms with Crippen molar-refractivity contribution < 1.29 is 19.1 Å². The number of ketones is 2. The van der Waals surface area contributed by atoms with E-state index in [-0.39, 0.29) is 11.6 Å². The standard InChI is InChI=1S/C25H31NO4/c1-18(27)22(25(28)21-9-10-23(29-2)24(16-21)30-3)15-19-11-13-26(14-12-19)17-20-7-5-4-6-8-20/h4-10,16,19,22H,11-15,17H2,1-3H3. The van der Waals surface area contributed by atoms with E-state index in [1.54, 1.807) is 25.3 Å². The molecule has 3 rings (SSSR count). The van der Waals surface area contributed by atoms with Gasteiger partial charge in [0.25, 0.3) is 0 Å². The summed E-state index contributed by atoms with van der Waals surface area (Å²) in [6.07, 6.45) is 2.63. The maximum absolute atomic E-state index is 13.1. The smallest absolute Gasteiger partial charge is 0.173 e. The van der Waals surface area contributed by atoms with Gasteiger partial charge in [-0.25, -0.2) is 0 Å². The number of ether oxygens (including phenoxy) is 2. The van der Waals surface area contributed by atoms with Crippen molar-refractivity contribution in [3.63, 3.8) is 0 Å². The Morgan fingerprint density at radius 3 is 2.27 bits per heavy atom. The molecule has 0 spiro atoms. The fourth-order valence-electron chi connectivity index (χ4n) is 4.20. The summed E-state index contributed by atoms with van der Waals surface area (Å²) in [7, 11) is 3.10. The van der Waals surface area contributed by atoms with Gasteiger partial charge in [0.05, 0.1) is 20.1 Å². The van der Waals surface area contributed by atoms with E-state index in [9.17, 15) is 9.59 Å². The summed E-state index contributed by atoms with van der Waals surface area (Å²) in [6, 6.07) is 15.6. The van der Waals surface area contributed by atoms with E-state index < -0.39 is 5.92 Å². The lowest BCUT2D eigenvalue weighted by Crippen LogP contribution is -2.35. The topological polar surface area (TPSA) is 55.8 Å². The van der Waals surface area contributed by atoms with E-state index in [1.165, 1.54) is 19.6 Å². The Hall–Kier alpha value is -2.66. The van der Waals surface area contributed by atoms with E-state index in [0.29, 0.717) is 29.4 Å². The van der Waals surface area contributed by atoms with Gasteiger partial charge in [-0.1, -0.05) is 30.3 Å². The van der Waals surface area contributed by atoms with Crippen molar-refractivity contribution in [3.8, 4) is 11.5 Å². The zero-order valence-corrected chi connectivity index (χ0v) is 18.1. The Bertz CT molecular complexity index is 857. The number of nitrogens with zero attached hydrogens (tertiary/aromatic N) is 1. The van der Waals surface area contributed by atoms with E-state index in [0.717, 1.165) is 32.5 Å². The predicted octanol–water partition coefficient (Wildman–Crippen LogP) is 4.39. The molecule has 5 heteroatoms. The fraction of sp³-hybridized carbons (Fsp3) is 0.440. The molecule has 30 heavy (non-hydrogen) atoms. The van der Waals surface area contributed by atoms with Crippen molar-refractivity contribution in [3.05, 3.63) is 59.7 Å². The number of hydrogen-bond acceptors (Lipinski definition) is 5. The maximum Gasteiger partial charge on any atom is 0.173 e. The average molecular weight is 410 g/mol. The molecule has 0 aromatic heterocycles. The van der Waals surface area contributed by atoms with Crippen LogP contribution in [0.5, 0.6) is 11.5 Å². The summed E-state index contributed by atoms with van der Waals surface area (Å²) in [4.78, 5) is 27.9. The van der Waals surface area contributed by atoms with Gasteiger partial charge in [0, 0.05) is 12.1 Å². The number of hydrogen-bond donors (Lipinski definition) is 0. The van der Waals surface area contributed by atoms with Crippen LogP contribution in [0.2, 0.25) is 0 Å². The van der Waals surface area contributed by atoms with Gasteiger partial charge in [-0.15, -0.1) is 0 Å². The lowest BCUT2D eigenvalue weighted by atomic mass is 9.82. The third-order valence-corrected chi connectivity index (χ3v) is 6.00. The third-order valence-electron chi connectivity index (χ3n) is 6.00. The highest BCUT2D eigenvalue weighted by atomic mass is 16.5. The van der Waals surface area contributed by atoms with E-state index in [1.807, 2.05) is 6.07 Å². The van der Waals surface area contributed by atoms with Crippen LogP contribution in [0.3, 0.4) is 0 Å². The number of likely N-dealkylation sites (tertiary alicyclic amines) is 1. The van der Waals surface area contributed by atoms with Gasteiger partial charge >= 0.3 is 0 Å². The Morgan fingerprint density at radius 2 is 1.67 bits per heavy atom. The Kier molecular flexibility index (Phi) is 7.63. The number of carbonyl (C=O) groups excluding carboxylic acids is 2. The normalized spacial score (nSPS) is 16.1. The molecule has 1 saturated heterocycles. The monoisotopic (exact) mass is 409 g/mol. The molecule has 5 nitrogen and oxygen atoms in total. The highest BCUT2D eigenvalue weighted by Crippen LogP contribution is 2.31. The van der Waals surface area contributed by atoms with Crippen molar-refractivity contribution in [2.24, 2.45) is 11.8 Å². The molecule has 0 N–H and O–H groups in total. The second-order valence-electron chi connectivity index (χ2n) is 8.04. The summed E-state index contributed by atoms with van der Waals surface area (Å²) >= 11 is 0. The fourth-order valence-corrected chi connectivity index (χ4v) is 4.20. The van der Waals surface area contributed by atoms with E-state index in [2.05, 4.69) is 29.2 Å². The van der Waals surface area contributed by atoms with E-state index >= 15 is 0 Å². The van der Waals surface area contributed by atoms with Crippen molar-refractivity contribution in [1.82, 2.24) is 4.90 Å². The van der Waals surface area contributed by atoms with Crippen molar-refractivity contribution in [2.45, 2.75) is 32.7 Å². The Morgan fingerprint density at radius 1 is 1.00 bits per heavy atom. The molecule has 2 aromatic rings. The molecule has 1 heterocycles. The summed E-state index contributed by atoms with van der Waals surface area (Å²) in [6.45, 7) is 4.46. The molecule has 0 saturated carbocycles. The number of Topliss-reactive ketones (excluding diaryl/α,β-unsaturated/α-hetero) is 2. The van der Waals surface area contributed by atoms with Gasteiger partial charge in [0.15, 0.2) is 17.3 Å². The van der Waals surface area contributed by atoms with Crippen molar-refractivity contribution in [1.29, 1.82) is 0 Å². The van der Waals surface area contributed by atoms with Gasteiger partial charge < -0.3 is 9.47 Å². The largest absolute Gasteiger partial charge is 0.493 e. The number of rotatable bonds is 9. The molecule has 2 aromatic carbocycles. The molecule has 0 aliphatic carbocycles. The molecule has 1 atom stereocenters. The van der Waals surface area contributed by atoms with Crippen LogP contribution < -0.4 is 9.47 Å². The lowest BCUT2D eigenvalue weighted by molar-refractivity contribution is -0.119. The number of benzene rings is 2. The summed E-state index contributed by atoms with van der Waals surface area (Å²) in [5, 5.41) is 0. The second-order valence-corrected chi connectivity index (χ2v) is 8.04. The first kappa shape index (κ1) is 22.0. The van der Waals surface area contributed by atoms with Gasteiger partial charge in [0.1, 0.15) is 5.78 Å². The zero-order valence-electron chi connectivity index (χ0n) is 18.1. The number of methoxy groups -OCH3 is 2. The third kappa shape index (κ3) is 5.48. The first-order valence-electron chi connectivity index (χ1n) is 10.5. The summed E-state index contributed by atoms with van der Waals surface area (Å²) in [5.74, 6) is 0.652.